The van der Waals surface area contributed by atoms with Crippen molar-refractivity contribution in [1.82, 2.24) is 9.97 Å². The number of nitrogens with one attached hydrogen (secondary N) is 1. The topological polar surface area (TPSA) is 48.9 Å². The molecule has 0 spiro atoms. The second-order valence-corrected chi connectivity index (χ2v) is 3.07. The highest BCUT2D eigenvalue weighted by Gasteiger charge is 1.87. The molecule has 0 amide bonds. The Kier molecular flexibility index (Phi) is 5.93. The van der Waals surface area contributed by atoms with E-state index in [-0.39, 0.29) is 6.61 Å². The van der Waals surface area contributed by atoms with Gasteiger partial charge in [-0.25, -0.2) is 4.98 Å². The first-order valence-corrected chi connectivity index (χ1v) is 5.01. The number of benzene rings is 1. The highest BCUT2D eigenvalue weighted by Crippen LogP contribution is 2.00. The minimum atomic E-state index is 0.287. The quantitative estimate of drug-likeness (QED) is 0.803. The van der Waals surface area contributed by atoms with E-state index in [1.807, 2.05) is 18.2 Å². The highest BCUT2D eigenvalue weighted by molar-refractivity contribution is 5.14. The van der Waals surface area contributed by atoms with E-state index in [1.54, 1.807) is 18.7 Å². The van der Waals surface area contributed by atoms with Gasteiger partial charge < -0.3 is 10.1 Å². The molecule has 2 rings (SSSR count). The molecule has 2 N–H and O–H groups in total. The maximum atomic E-state index is 8.53. The van der Waals surface area contributed by atoms with E-state index in [0.29, 0.717) is 0 Å². The number of aromatic nitrogens is 2. The number of aliphatic hydroxyl groups is 1. The van der Waals surface area contributed by atoms with E-state index in [0.717, 1.165) is 12.8 Å². The molecule has 0 aliphatic rings. The number of hydrogen-bond acceptors (Lipinski definition) is 2. The Morgan fingerprint density at radius 1 is 1.20 bits per heavy atom. The standard InChI is InChI=1S/C9H12O.C3H4N2/c10-8-4-7-9-5-2-1-3-6-9;1-2-5-3-4-1/h1-3,5-6,10H,4,7-8H2;1-3H,(H,4,5). The van der Waals surface area contributed by atoms with Crippen molar-refractivity contribution in [2.75, 3.05) is 6.61 Å². The molecule has 0 saturated carbocycles. The Morgan fingerprint density at radius 3 is 2.47 bits per heavy atom. The summed E-state index contributed by atoms with van der Waals surface area (Å²) in [5.74, 6) is 0. The van der Waals surface area contributed by atoms with Crippen LogP contribution in [0.2, 0.25) is 0 Å². The molecule has 0 radical (unpaired) electrons. The molecular formula is C12H16N2O. The molecule has 0 atom stereocenters. The summed E-state index contributed by atoms with van der Waals surface area (Å²) >= 11 is 0. The van der Waals surface area contributed by atoms with Gasteiger partial charge in [0, 0.05) is 19.0 Å². The molecule has 0 aliphatic heterocycles. The van der Waals surface area contributed by atoms with Gasteiger partial charge in [-0.05, 0) is 18.4 Å². The largest absolute Gasteiger partial charge is 0.396 e. The summed E-state index contributed by atoms with van der Waals surface area (Å²) in [5.41, 5.74) is 1.30. The lowest BCUT2D eigenvalue weighted by Crippen LogP contribution is -1.87. The average molecular weight is 204 g/mol. The molecule has 0 fully saturated rings. The van der Waals surface area contributed by atoms with Crippen LogP contribution >= 0.6 is 0 Å². The summed E-state index contributed by atoms with van der Waals surface area (Å²) in [4.78, 5) is 6.42. The predicted octanol–water partition coefficient (Wildman–Crippen LogP) is 2.02. The van der Waals surface area contributed by atoms with Crippen LogP contribution in [0.15, 0.2) is 49.1 Å². The third kappa shape index (κ3) is 5.65. The number of rotatable bonds is 3. The lowest BCUT2D eigenvalue weighted by molar-refractivity contribution is 0.288. The predicted molar refractivity (Wildman–Crippen MR) is 60.4 cm³/mol. The number of aryl methyl sites for hydroxylation is 1. The zero-order valence-corrected chi connectivity index (χ0v) is 8.63. The fourth-order valence-electron chi connectivity index (χ4n) is 1.14. The molecule has 0 aliphatic carbocycles. The normalized spacial score (nSPS) is 9.13. The van der Waals surface area contributed by atoms with E-state index in [2.05, 4.69) is 22.1 Å². The van der Waals surface area contributed by atoms with Gasteiger partial charge in [0.15, 0.2) is 0 Å². The fourth-order valence-corrected chi connectivity index (χ4v) is 1.14. The third-order valence-corrected chi connectivity index (χ3v) is 1.87. The Morgan fingerprint density at radius 2 is 2.00 bits per heavy atom. The summed E-state index contributed by atoms with van der Waals surface area (Å²) in [6, 6.07) is 10.2. The number of imidazole rings is 1. The Hall–Kier alpha value is -1.61. The van der Waals surface area contributed by atoms with E-state index >= 15 is 0 Å². The lowest BCUT2D eigenvalue weighted by Gasteiger charge is -1.96. The number of aliphatic hydroxyl groups excluding tert-OH is 1. The van der Waals surface area contributed by atoms with Crippen LogP contribution in [0.5, 0.6) is 0 Å². The second kappa shape index (κ2) is 7.76. The number of nitrogens with zero attached hydrogens (tertiary/aromatic N) is 1. The summed E-state index contributed by atoms with van der Waals surface area (Å²) in [7, 11) is 0. The summed E-state index contributed by atoms with van der Waals surface area (Å²) in [6.07, 6.45) is 6.93. The Labute approximate surface area is 89.8 Å². The van der Waals surface area contributed by atoms with Crippen molar-refractivity contribution in [3.8, 4) is 0 Å². The van der Waals surface area contributed by atoms with Gasteiger partial charge in [-0.1, -0.05) is 30.3 Å². The fraction of sp³-hybridized carbons (Fsp3) is 0.250. The van der Waals surface area contributed by atoms with Crippen LogP contribution in [-0.4, -0.2) is 21.7 Å². The van der Waals surface area contributed by atoms with Crippen molar-refractivity contribution in [2.45, 2.75) is 12.8 Å². The molecule has 0 bridgehead atoms. The van der Waals surface area contributed by atoms with E-state index < -0.39 is 0 Å². The molecule has 80 valence electrons. The number of aromatic amines is 1. The molecule has 15 heavy (non-hydrogen) atoms. The van der Waals surface area contributed by atoms with Crippen molar-refractivity contribution < 1.29 is 5.11 Å². The van der Waals surface area contributed by atoms with Crippen molar-refractivity contribution in [3.63, 3.8) is 0 Å². The summed E-state index contributed by atoms with van der Waals surface area (Å²) in [6.45, 7) is 0.287. The van der Waals surface area contributed by atoms with Crippen LogP contribution in [0.4, 0.5) is 0 Å². The van der Waals surface area contributed by atoms with Crippen LogP contribution < -0.4 is 0 Å². The molecule has 1 heterocycles. The van der Waals surface area contributed by atoms with Gasteiger partial charge in [-0.15, -0.1) is 0 Å². The maximum absolute atomic E-state index is 8.53. The first-order chi connectivity index (χ1) is 7.43. The minimum Gasteiger partial charge on any atom is -0.396 e. The van der Waals surface area contributed by atoms with Gasteiger partial charge in [0.05, 0.1) is 6.33 Å². The average Bonchev–Trinajstić information content (AvgIpc) is 2.86. The van der Waals surface area contributed by atoms with Gasteiger partial charge in [-0.2, -0.15) is 0 Å². The van der Waals surface area contributed by atoms with Crippen molar-refractivity contribution in [3.05, 3.63) is 54.6 Å². The SMILES string of the molecule is OCCCc1ccccc1.c1c[nH]cn1. The molecule has 2 aromatic rings. The molecule has 1 aromatic carbocycles. The van der Waals surface area contributed by atoms with Gasteiger partial charge >= 0.3 is 0 Å². The Balaban J connectivity index is 0.000000187. The lowest BCUT2D eigenvalue weighted by atomic mass is 10.1. The first-order valence-electron chi connectivity index (χ1n) is 5.01. The van der Waals surface area contributed by atoms with Crippen molar-refractivity contribution in [1.29, 1.82) is 0 Å². The molecule has 1 aromatic heterocycles. The monoisotopic (exact) mass is 204 g/mol. The van der Waals surface area contributed by atoms with Crippen molar-refractivity contribution >= 4 is 0 Å². The minimum absolute atomic E-state index is 0.287. The third-order valence-electron chi connectivity index (χ3n) is 1.87. The van der Waals surface area contributed by atoms with Crippen LogP contribution in [0.25, 0.3) is 0 Å². The summed E-state index contributed by atoms with van der Waals surface area (Å²) < 4.78 is 0. The van der Waals surface area contributed by atoms with Crippen LogP contribution in [0.1, 0.15) is 12.0 Å². The van der Waals surface area contributed by atoms with Crippen LogP contribution in [0.3, 0.4) is 0 Å². The van der Waals surface area contributed by atoms with Crippen LogP contribution in [0, 0.1) is 0 Å². The summed E-state index contributed by atoms with van der Waals surface area (Å²) in [5, 5.41) is 8.53. The second-order valence-electron chi connectivity index (χ2n) is 3.07. The highest BCUT2D eigenvalue weighted by atomic mass is 16.2. The first kappa shape index (κ1) is 11.5. The molecule has 0 saturated heterocycles. The van der Waals surface area contributed by atoms with Crippen molar-refractivity contribution in [2.24, 2.45) is 0 Å². The maximum Gasteiger partial charge on any atom is 0.0919 e. The van der Waals surface area contributed by atoms with Gasteiger partial charge in [0.2, 0.25) is 0 Å². The molecule has 0 unspecified atom stereocenters. The number of hydrogen-bond donors (Lipinski definition) is 2. The zero-order valence-electron chi connectivity index (χ0n) is 8.63. The number of H-pyrrole nitrogens is 1. The van der Waals surface area contributed by atoms with E-state index in [4.69, 9.17) is 5.11 Å². The van der Waals surface area contributed by atoms with Gasteiger partial charge in [0.25, 0.3) is 0 Å². The molecule has 3 heteroatoms. The van der Waals surface area contributed by atoms with Crippen LogP contribution in [-0.2, 0) is 6.42 Å². The zero-order chi connectivity index (χ0) is 10.8. The Bertz CT molecular complexity index is 301. The molecule has 3 nitrogen and oxygen atoms in total. The smallest absolute Gasteiger partial charge is 0.0919 e. The van der Waals surface area contributed by atoms with E-state index in [1.165, 1.54) is 5.56 Å². The molecular weight excluding hydrogens is 188 g/mol. The van der Waals surface area contributed by atoms with E-state index in [9.17, 15) is 0 Å². The van der Waals surface area contributed by atoms with Gasteiger partial charge in [0.1, 0.15) is 0 Å². The van der Waals surface area contributed by atoms with Gasteiger partial charge in [-0.3, -0.25) is 0 Å².